The quantitative estimate of drug-likeness (QED) is 0.721. The number of nitrogens with zero attached hydrogens (tertiary/aromatic N) is 3. The average molecular weight is 323 g/mol. The van der Waals surface area contributed by atoms with E-state index in [1.807, 2.05) is 50.5 Å². The summed E-state index contributed by atoms with van der Waals surface area (Å²) in [4.78, 5) is 20.3. The maximum Gasteiger partial charge on any atom is 0.304 e. The van der Waals surface area contributed by atoms with Gasteiger partial charge < -0.3 is 9.32 Å². The van der Waals surface area contributed by atoms with Crippen LogP contribution < -0.4 is 9.80 Å². The lowest BCUT2D eigenvalue weighted by Crippen LogP contribution is -2.26. The highest BCUT2D eigenvalue weighted by molar-refractivity contribution is 5.92. The van der Waals surface area contributed by atoms with Crippen molar-refractivity contribution in [2.45, 2.75) is 12.8 Å². The number of hydrogen-bond acceptors (Lipinski definition) is 4. The summed E-state index contributed by atoms with van der Waals surface area (Å²) in [6.45, 7) is 0. The van der Waals surface area contributed by atoms with Crippen LogP contribution >= 0.6 is 0 Å². The predicted octanol–water partition coefficient (Wildman–Crippen LogP) is 3.49. The van der Waals surface area contributed by atoms with Crippen molar-refractivity contribution in [2.24, 2.45) is 0 Å². The van der Waals surface area contributed by atoms with E-state index in [0.29, 0.717) is 24.4 Å². The molecule has 24 heavy (non-hydrogen) atoms. The third-order valence-electron chi connectivity index (χ3n) is 4.00. The zero-order chi connectivity index (χ0) is 17.1. The summed E-state index contributed by atoms with van der Waals surface area (Å²) in [7, 11) is 5.71. The normalized spacial score (nSPS) is 10.8. The smallest absolute Gasteiger partial charge is 0.304 e. The highest BCUT2D eigenvalue weighted by atomic mass is 16.4. The summed E-state index contributed by atoms with van der Waals surface area (Å²) in [6.07, 6.45) is 1.09. The van der Waals surface area contributed by atoms with E-state index >= 15 is 0 Å². The molecule has 1 heterocycles. The summed E-state index contributed by atoms with van der Waals surface area (Å²) >= 11 is 0. The fourth-order valence-corrected chi connectivity index (χ4v) is 2.52. The lowest BCUT2D eigenvalue weighted by molar-refractivity contribution is -0.118. The minimum Gasteiger partial charge on any atom is -0.423 e. The van der Waals surface area contributed by atoms with Crippen molar-refractivity contribution in [3.8, 4) is 0 Å². The van der Waals surface area contributed by atoms with Crippen LogP contribution in [0.25, 0.3) is 11.1 Å². The number of benzene rings is 2. The van der Waals surface area contributed by atoms with Gasteiger partial charge in [0.05, 0.1) is 0 Å². The van der Waals surface area contributed by atoms with Gasteiger partial charge in [0.2, 0.25) is 5.91 Å². The lowest BCUT2D eigenvalue weighted by atomic mass is 10.1. The Morgan fingerprint density at radius 1 is 1.08 bits per heavy atom. The molecule has 1 amide bonds. The Hall–Kier alpha value is -2.82. The number of hydrogen-bond donors (Lipinski definition) is 0. The molecule has 0 radical (unpaired) electrons. The van der Waals surface area contributed by atoms with Crippen LogP contribution in [-0.4, -0.2) is 32.0 Å². The van der Waals surface area contributed by atoms with Crippen molar-refractivity contribution >= 4 is 28.7 Å². The number of fused-ring (bicyclic) bond motifs is 1. The molecule has 0 spiro atoms. The van der Waals surface area contributed by atoms with E-state index in [2.05, 4.69) is 22.0 Å². The maximum atomic E-state index is 12.4. The van der Waals surface area contributed by atoms with Crippen molar-refractivity contribution < 1.29 is 9.21 Å². The highest BCUT2D eigenvalue weighted by Gasteiger charge is 2.16. The Labute approximate surface area is 141 Å². The minimum atomic E-state index is -0.0168. The van der Waals surface area contributed by atoms with Gasteiger partial charge in [-0.1, -0.05) is 24.3 Å². The van der Waals surface area contributed by atoms with Gasteiger partial charge >= 0.3 is 6.01 Å². The van der Waals surface area contributed by atoms with E-state index in [0.717, 1.165) is 16.8 Å². The number of aromatic nitrogens is 1. The first-order valence-corrected chi connectivity index (χ1v) is 7.93. The molecule has 1 aromatic heterocycles. The zero-order valence-corrected chi connectivity index (χ0v) is 14.2. The fraction of sp³-hybridized carbons (Fsp3) is 0.263. The molecule has 0 saturated heterocycles. The van der Waals surface area contributed by atoms with Crippen LogP contribution in [0.1, 0.15) is 12.0 Å². The van der Waals surface area contributed by atoms with Crippen LogP contribution in [0.4, 0.5) is 11.7 Å². The van der Waals surface area contributed by atoms with Gasteiger partial charge in [-0.15, -0.1) is 0 Å². The number of carbonyl (C=O) groups excluding carboxylic acids is 1. The Kier molecular flexibility index (Phi) is 4.51. The van der Waals surface area contributed by atoms with Gasteiger partial charge in [-0.2, -0.15) is 4.98 Å². The predicted molar refractivity (Wildman–Crippen MR) is 96.5 cm³/mol. The molecule has 0 unspecified atom stereocenters. The molecule has 0 aliphatic heterocycles. The summed E-state index contributed by atoms with van der Waals surface area (Å²) < 4.78 is 5.64. The fourth-order valence-electron chi connectivity index (χ4n) is 2.52. The number of oxazole rings is 1. The van der Waals surface area contributed by atoms with E-state index in [1.165, 1.54) is 4.90 Å². The largest absolute Gasteiger partial charge is 0.423 e. The second-order valence-corrected chi connectivity index (χ2v) is 5.98. The maximum absolute atomic E-state index is 12.4. The standard InChI is InChI=1S/C19H21N3O2/c1-21(2)15-8-6-7-14(13-15)11-12-18(23)22(3)19-20-16-9-4-5-10-17(16)24-19/h4-10,13H,11-12H2,1-3H3. The van der Waals surface area contributed by atoms with E-state index in [4.69, 9.17) is 4.42 Å². The van der Waals surface area contributed by atoms with Crippen LogP contribution in [0, 0.1) is 0 Å². The summed E-state index contributed by atoms with van der Waals surface area (Å²) in [5.74, 6) is -0.0168. The van der Waals surface area contributed by atoms with E-state index < -0.39 is 0 Å². The monoisotopic (exact) mass is 323 g/mol. The third-order valence-corrected chi connectivity index (χ3v) is 4.00. The molecule has 5 heteroatoms. The van der Waals surface area contributed by atoms with Gasteiger partial charge in [0.25, 0.3) is 0 Å². The molecule has 0 saturated carbocycles. The summed E-state index contributed by atoms with van der Waals surface area (Å²) in [5, 5.41) is 0. The second kappa shape index (κ2) is 6.74. The molecule has 0 aliphatic carbocycles. The molecule has 0 bridgehead atoms. The lowest BCUT2D eigenvalue weighted by Gasteiger charge is -2.15. The van der Waals surface area contributed by atoms with Crippen molar-refractivity contribution in [1.29, 1.82) is 0 Å². The van der Waals surface area contributed by atoms with Gasteiger partial charge in [0.15, 0.2) is 5.58 Å². The first-order valence-electron chi connectivity index (χ1n) is 7.93. The number of rotatable bonds is 5. The number of carbonyl (C=O) groups is 1. The van der Waals surface area contributed by atoms with E-state index in [9.17, 15) is 4.79 Å². The Morgan fingerprint density at radius 3 is 2.62 bits per heavy atom. The number of amides is 1. The Balaban J connectivity index is 1.67. The molecule has 124 valence electrons. The number of aryl methyl sites for hydroxylation is 1. The summed E-state index contributed by atoms with van der Waals surface area (Å²) in [6, 6.07) is 16.0. The summed E-state index contributed by atoms with van der Waals surface area (Å²) in [5.41, 5.74) is 3.71. The Bertz CT molecular complexity index is 821. The number of anilines is 2. The number of para-hydroxylation sites is 2. The molecule has 0 aliphatic rings. The first-order chi connectivity index (χ1) is 11.5. The molecule has 3 rings (SSSR count). The van der Waals surface area contributed by atoms with Gasteiger partial charge in [0.1, 0.15) is 5.52 Å². The van der Waals surface area contributed by atoms with E-state index in [-0.39, 0.29) is 5.91 Å². The van der Waals surface area contributed by atoms with Crippen molar-refractivity contribution in [3.63, 3.8) is 0 Å². The van der Waals surface area contributed by atoms with Crippen LogP contribution in [0.2, 0.25) is 0 Å². The van der Waals surface area contributed by atoms with E-state index in [1.54, 1.807) is 7.05 Å². The first kappa shape index (κ1) is 16.1. The average Bonchev–Trinajstić information content (AvgIpc) is 3.03. The topological polar surface area (TPSA) is 49.6 Å². The highest BCUT2D eigenvalue weighted by Crippen LogP contribution is 2.21. The van der Waals surface area contributed by atoms with Gasteiger partial charge in [-0.25, -0.2) is 0 Å². The second-order valence-electron chi connectivity index (χ2n) is 5.98. The van der Waals surface area contributed by atoms with Crippen molar-refractivity contribution in [1.82, 2.24) is 4.98 Å². The van der Waals surface area contributed by atoms with Crippen LogP contribution in [0.15, 0.2) is 52.9 Å². The van der Waals surface area contributed by atoms with Gasteiger partial charge in [-0.3, -0.25) is 9.69 Å². The Morgan fingerprint density at radius 2 is 1.88 bits per heavy atom. The molecular formula is C19H21N3O2. The minimum absolute atomic E-state index is 0.0168. The van der Waals surface area contributed by atoms with Gasteiger partial charge in [-0.05, 0) is 36.2 Å². The molecule has 3 aromatic rings. The zero-order valence-electron chi connectivity index (χ0n) is 14.2. The molecule has 5 nitrogen and oxygen atoms in total. The van der Waals surface area contributed by atoms with Crippen molar-refractivity contribution in [3.05, 3.63) is 54.1 Å². The molecule has 0 fully saturated rings. The van der Waals surface area contributed by atoms with Crippen LogP contribution in [-0.2, 0) is 11.2 Å². The van der Waals surface area contributed by atoms with Crippen LogP contribution in [0.3, 0.4) is 0 Å². The molecule has 0 atom stereocenters. The van der Waals surface area contributed by atoms with Crippen LogP contribution in [0.5, 0.6) is 0 Å². The molecular weight excluding hydrogens is 302 g/mol. The van der Waals surface area contributed by atoms with Gasteiger partial charge in [0, 0.05) is 33.3 Å². The van der Waals surface area contributed by atoms with Crippen molar-refractivity contribution in [2.75, 3.05) is 30.9 Å². The third kappa shape index (κ3) is 3.40. The molecule has 2 aromatic carbocycles. The molecule has 0 N–H and O–H groups in total. The SMILES string of the molecule is CN(C)c1cccc(CCC(=O)N(C)c2nc3ccccc3o2)c1.